The lowest BCUT2D eigenvalue weighted by Gasteiger charge is -2.33. The molecule has 4 rings (SSSR count). The van der Waals surface area contributed by atoms with Crippen molar-refractivity contribution in [2.45, 2.75) is 31.6 Å². The predicted molar refractivity (Wildman–Crippen MR) is 129 cm³/mol. The van der Waals surface area contributed by atoms with Gasteiger partial charge >= 0.3 is 30.9 Å². The molecule has 38 heavy (non-hydrogen) atoms. The zero-order valence-electron chi connectivity index (χ0n) is 20.3. The molecule has 3 N–H and O–H groups in total. The summed E-state index contributed by atoms with van der Waals surface area (Å²) in [6.07, 6.45) is 2.50. The summed E-state index contributed by atoms with van der Waals surface area (Å²) in [7, 11) is -1.63. The second-order valence-corrected chi connectivity index (χ2v) is 8.87. The standard InChI is InChI=1S/C24H24BFN4O8/c1-2-29-8-9-30(22(33)21(29)32)24(36)28-19(14-4-3-7-27-12-14)17(31)11-15-10-13-5-6-16(26)18(23(34)35)20(13)38-25(15)37/h3-7,12,15,19,37H,2,8-11H2,1H3,(H,28,36)(H,34,35)/t15-,19?/m1/s1. The van der Waals surface area contributed by atoms with E-state index in [2.05, 4.69) is 10.3 Å². The largest absolute Gasteiger partial charge is 0.535 e. The molecule has 12 nitrogen and oxygen atoms in total. The van der Waals surface area contributed by atoms with Gasteiger partial charge in [-0.15, -0.1) is 0 Å². The Hall–Kier alpha value is -4.33. The molecule has 1 unspecified atom stereocenters. The molecule has 2 aromatic rings. The van der Waals surface area contributed by atoms with E-state index in [1.165, 1.54) is 23.4 Å². The van der Waals surface area contributed by atoms with Crippen molar-refractivity contribution in [1.29, 1.82) is 0 Å². The first-order chi connectivity index (χ1) is 18.1. The third-order valence-electron chi connectivity index (χ3n) is 6.53. The number of carbonyl (C=O) groups is 5. The van der Waals surface area contributed by atoms with Crippen LogP contribution in [0.2, 0.25) is 5.82 Å². The number of carboxylic acids is 1. The molecule has 0 spiro atoms. The van der Waals surface area contributed by atoms with Crippen molar-refractivity contribution < 1.29 is 43.1 Å². The van der Waals surface area contributed by atoms with Crippen molar-refractivity contribution in [2.24, 2.45) is 0 Å². The van der Waals surface area contributed by atoms with Crippen LogP contribution in [0, 0.1) is 5.82 Å². The van der Waals surface area contributed by atoms with E-state index in [-0.39, 0.29) is 31.7 Å². The Morgan fingerprint density at radius 3 is 2.66 bits per heavy atom. The van der Waals surface area contributed by atoms with Gasteiger partial charge in [-0.1, -0.05) is 12.1 Å². The lowest BCUT2D eigenvalue weighted by atomic mass is 9.64. The summed E-state index contributed by atoms with van der Waals surface area (Å²) >= 11 is 0. The predicted octanol–water partition coefficient (Wildman–Crippen LogP) is 0.805. The number of aromatic nitrogens is 1. The molecule has 2 atom stereocenters. The number of hydrogen-bond donors (Lipinski definition) is 3. The number of pyridine rings is 1. The van der Waals surface area contributed by atoms with E-state index in [1.807, 2.05) is 0 Å². The van der Waals surface area contributed by atoms with E-state index < -0.39 is 60.0 Å². The van der Waals surface area contributed by atoms with Gasteiger partial charge in [-0.05, 0) is 31.0 Å². The summed E-state index contributed by atoms with van der Waals surface area (Å²) in [5, 5.41) is 22.3. The summed E-state index contributed by atoms with van der Waals surface area (Å²) in [5.74, 6) is -6.14. The average molecular weight is 526 g/mol. The van der Waals surface area contributed by atoms with Gasteiger partial charge in [0.1, 0.15) is 23.2 Å². The molecule has 3 heterocycles. The number of rotatable bonds is 7. The average Bonchev–Trinajstić information content (AvgIpc) is 2.89. The number of ketones is 1. The van der Waals surface area contributed by atoms with Crippen LogP contribution in [-0.4, -0.2) is 81.3 Å². The number of Topliss-reactive ketones (excluding diaryl/α,β-unsaturated/α-hetero) is 1. The monoisotopic (exact) mass is 526 g/mol. The summed E-state index contributed by atoms with van der Waals surface area (Å²) in [5.41, 5.74) is -0.111. The summed E-state index contributed by atoms with van der Waals surface area (Å²) in [6, 6.07) is 3.17. The number of nitrogens with zero attached hydrogens (tertiary/aromatic N) is 3. The molecule has 2 aliphatic heterocycles. The molecular weight excluding hydrogens is 502 g/mol. The Kier molecular flexibility index (Phi) is 7.71. The van der Waals surface area contributed by atoms with Crippen LogP contribution in [0.4, 0.5) is 9.18 Å². The maximum atomic E-state index is 14.0. The van der Waals surface area contributed by atoms with Crippen molar-refractivity contribution in [3.05, 3.63) is 59.2 Å². The van der Waals surface area contributed by atoms with Crippen LogP contribution in [0.15, 0.2) is 36.7 Å². The minimum absolute atomic E-state index is 0.00245. The highest BCUT2D eigenvalue weighted by molar-refractivity contribution is 6.47. The summed E-state index contributed by atoms with van der Waals surface area (Å²) in [4.78, 5) is 68.6. The van der Waals surface area contributed by atoms with Crippen LogP contribution < -0.4 is 9.97 Å². The molecule has 1 aromatic heterocycles. The Bertz CT molecular complexity index is 1290. The number of carbonyl (C=O) groups excluding carboxylic acids is 4. The lowest BCUT2D eigenvalue weighted by Crippen LogP contribution is -2.58. The van der Waals surface area contributed by atoms with Crippen LogP contribution in [0.1, 0.15) is 40.9 Å². The zero-order valence-corrected chi connectivity index (χ0v) is 20.3. The molecule has 198 valence electrons. The minimum Gasteiger partial charge on any atom is -0.535 e. The topological polar surface area (TPSA) is 166 Å². The highest BCUT2D eigenvalue weighted by Crippen LogP contribution is 2.38. The number of fused-ring (bicyclic) bond motifs is 1. The van der Waals surface area contributed by atoms with Gasteiger partial charge in [-0.3, -0.25) is 24.3 Å². The number of carboxylic acid groups (broad SMARTS) is 1. The third-order valence-corrected chi connectivity index (χ3v) is 6.53. The highest BCUT2D eigenvalue weighted by Gasteiger charge is 2.41. The molecule has 0 saturated carbocycles. The molecule has 1 saturated heterocycles. The fourth-order valence-corrected chi connectivity index (χ4v) is 4.51. The lowest BCUT2D eigenvalue weighted by molar-refractivity contribution is -0.153. The zero-order chi connectivity index (χ0) is 27.6. The van der Waals surface area contributed by atoms with Gasteiger partial charge in [0.15, 0.2) is 5.78 Å². The quantitative estimate of drug-likeness (QED) is 0.350. The number of hydrogen-bond acceptors (Lipinski definition) is 8. The van der Waals surface area contributed by atoms with Crippen LogP contribution in [0.3, 0.4) is 0 Å². The van der Waals surface area contributed by atoms with Crippen molar-refractivity contribution in [3.8, 4) is 5.75 Å². The number of piperazine rings is 1. The van der Waals surface area contributed by atoms with E-state index in [9.17, 15) is 38.5 Å². The van der Waals surface area contributed by atoms with Crippen molar-refractivity contribution in [2.75, 3.05) is 19.6 Å². The molecule has 2 aliphatic rings. The number of amides is 4. The SMILES string of the molecule is CCN1CCN(C(=O)NC(C(=O)C[C@H]2Cc3ccc(F)c(C(=O)O)c3OB2O)c2cccnc2)C(=O)C1=O. The molecule has 14 heteroatoms. The van der Waals surface area contributed by atoms with Gasteiger partial charge in [0.2, 0.25) is 0 Å². The van der Waals surface area contributed by atoms with Gasteiger partial charge in [0.05, 0.1) is 0 Å². The van der Waals surface area contributed by atoms with E-state index in [4.69, 9.17) is 4.65 Å². The maximum absolute atomic E-state index is 14.0. The fourth-order valence-electron chi connectivity index (χ4n) is 4.51. The van der Waals surface area contributed by atoms with Crippen molar-refractivity contribution in [3.63, 3.8) is 0 Å². The van der Waals surface area contributed by atoms with Crippen LogP contribution in [0.25, 0.3) is 0 Å². The number of nitrogens with one attached hydrogen (secondary N) is 1. The van der Waals surface area contributed by atoms with Crippen LogP contribution in [0.5, 0.6) is 5.75 Å². The molecule has 1 fully saturated rings. The number of urea groups is 1. The first kappa shape index (κ1) is 26.7. The van der Waals surface area contributed by atoms with Crippen LogP contribution >= 0.6 is 0 Å². The van der Waals surface area contributed by atoms with Crippen molar-refractivity contribution >= 4 is 36.7 Å². The van der Waals surface area contributed by atoms with Crippen molar-refractivity contribution in [1.82, 2.24) is 20.1 Å². The Balaban J connectivity index is 1.54. The number of likely N-dealkylation sites (N-methyl/N-ethyl adjacent to an activating group) is 1. The van der Waals surface area contributed by atoms with E-state index in [1.54, 1.807) is 19.1 Å². The second kappa shape index (κ2) is 11.0. The third kappa shape index (κ3) is 5.20. The van der Waals surface area contributed by atoms with Gasteiger partial charge in [0, 0.05) is 49.8 Å². The van der Waals surface area contributed by atoms with Gasteiger partial charge < -0.3 is 25.0 Å². The summed E-state index contributed by atoms with van der Waals surface area (Å²) in [6.45, 7) is 2.13. The molecular formula is C24H24BFN4O8. The highest BCUT2D eigenvalue weighted by atomic mass is 19.1. The first-order valence-corrected chi connectivity index (χ1v) is 11.9. The van der Waals surface area contributed by atoms with E-state index >= 15 is 0 Å². The number of benzene rings is 1. The first-order valence-electron chi connectivity index (χ1n) is 11.9. The number of aromatic carboxylic acids is 1. The summed E-state index contributed by atoms with van der Waals surface area (Å²) < 4.78 is 19.3. The van der Waals surface area contributed by atoms with Crippen LogP contribution in [-0.2, 0) is 20.8 Å². The Morgan fingerprint density at radius 1 is 1.24 bits per heavy atom. The van der Waals surface area contributed by atoms with E-state index in [0.717, 1.165) is 11.0 Å². The fraction of sp³-hybridized carbons (Fsp3) is 0.333. The Labute approximate surface area is 216 Å². The smallest absolute Gasteiger partial charge is 0.526 e. The van der Waals surface area contributed by atoms with E-state index in [0.29, 0.717) is 17.7 Å². The molecule has 0 aliphatic carbocycles. The maximum Gasteiger partial charge on any atom is 0.526 e. The number of imide groups is 1. The molecule has 4 amide bonds. The second-order valence-electron chi connectivity index (χ2n) is 8.87. The molecule has 0 bridgehead atoms. The molecule has 1 aromatic carbocycles. The number of halogens is 1. The van der Waals surface area contributed by atoms with Gasteiger partial charge in [0.25, 0.3) is 0 Å². The van der Waals surface area contributed by atoms with Gasteiger partial charge in [-0.2, -0.15) is 0 Å². The molecule has 0 radical (unpaired) electrons. The Morgan fingerprint density at radius 2 is 2.00 bits per heavy atom. The normalized spacial score (nSPS) is 18.0. The van der Waals surface area contributed by atoms with Gasteiger partial charge in [-0.25, -0.2) is 14.0 Å². The minimum atomic E-state index is -1.63.